The summed E-state index contributed by atoms with van der Waals surface area (Å²) >= 11 is 20.6. The molecule has 0 saturated heterocycles. The van der Waals surface area contributed by atoms with Crippen LogP contribution in [-0.4, -0.2) is 17.4 Å². The Morgan fingerprint density at radius 2 is 0.963 bits per heavy atom. The second-order valence-corrected chi connectivity index (χ2v) is 14.8. The summed E-state index contributed by atoms with van der Waals surface area (Å²) in [5, 5.41) is 0. The van der Waals surface area contributed by atoms with Crippen LogP contribution in [0.25, 0.3) is 0 Å². The van der Waals surface area contributed by atoms with Crippen LogP contribution < -0.4 is 9.79 Å². The van der Waals surface area contributed by atoms with Gasteiger partial charge in [-0.15, -0.1) is 35.0 Å². The summed E-state index contributed by atoms with van der Waals surface area (Å²) < 4.78 is 17.4. The molecule has 0 aromatic rings. The number of hydrogen-bond donors (Lipinski definition) is 0. The monoisotopic (exact) mass is 598 g/mol. The van der Waals surface area contributed by atoms with E-state index in [1.807, 2.05) is 0 Å². The quantitative estimate of drug-likeness (QED) is 0.128. The molecule has 13 heteroatoms. The average Bonchev–Trinajstić information content (AvgIpc) is 2.55. The molecule has 27 heavy (non-hydrogen) atoms. The fourth-order valence-corrected chi connectivity index (χ4v) is 3.36. The van der Waals surface area contributed by atoms with E-state index < -0.39 is 11.4 Å². The second-order valence-electron chi connectivity index (χ2n) is 5.39. The van der Waals surface area contributed by atoms with E-state index in [4.69, 9.17) is 13.3 Å². The van der Waals surface area contributed by atoms with Crippen LogP contribution in [0.2, 0.25) is 0 Å². The van der Waals surface area contributed by atoms with E-state index in [2.05, 4.69) is 74.5 Å². The summed E-state index contributed by atoms with van der Waals surface area (Å²) in [6.45, 7) is 5.23. The van der Waals surface area contributed by atoms with Crippen molar-refractivity contribution in [2.24, 2.45) is 0 Å². The van der Waals surface area contributed by atoms with Crippen molar-refractivity contribution < 1.29 is 44.1 Å². The van der Waals surface area contributed by atoms with Gasteiger partial charge in [0.05, 0.1) is 0 Å². The van der Waals surface area contributed by atoms with Crippen LogP contribution in [0.1, 0.15) is 78.1 Å². The third-order valence-electron chi connectivity index (χ3n) is 2.99. The van der Waals surface area contributed by atoms with E-state index in [0.717, 1.165) is 25.7 Å². The van der Waals surface area contributed by atoms with Crippen molar-refractivity contribution in [3.8, 4) is 0 Å². The Labute approximate surface area is 206 Å². The van der Waals surface area contributed by atoms with Gasteiger partial charge in [-0.1, -0.05) is 65.2 Å². The SMILES string of the molecule is CCCCCCCOP([O-])(=S)[S-].CCCCCCCOP([O-])(=S)[S-].O=S.[Mo+4]. The van der Waals surface area contributed by atoms with Crippen LogP contribution in [0.4, 0.5) is 0 Å². The molecular weight excluding hydrogens is 566 g/mol. The minimum Gasteiger partial charge on any atom is -0.819 e. The predicted octanol–water partition coefficient (Wildman–Crippen LogP) is 3.87. The molecule has 162 valence electrons. The molecule has 0 spiro atoms. The number of hydrogen-bond acceptors (Lipinski definition) is 10. The molecule has 0 rings (SSSR count). The van der Waals surface area contributed by atoms with Gasteiger partial charge in [-0.2, -0.15) is 4.21 Å². The minimum absolute atomic E-state index is 0. The Morgan fingerprint density at radius 1 is 0.704 bits per heavy atom. The summed E-state index contributed by atoms with van der Waals surface area (Å²) in [5.41, 5.74) is -6.11. The largest absolute Gasteiger partial charge is 4.00 e. The average molecular weight is 597 g/mol. The van der Waals surface area contributed by atoms with Crippen molar-refractivity contribution in [3.05, 3.63) is 0 Å². The van der Waals surface area contributed by atoms with Crippen LogP contribution in [0.3, 0.4) is 0 Å². The van der Waals surface area contributed by atoms with Crippen LogP contribution in [-0.2, 0) is 90.8 Å². The zero-order valence-electron chi connectivity index (χ0n) is 15.9. The van der Waals surface area contributed by atoms with Gasteiger partial charge in [0.1, 0.15) is 0 Å². The van der Waals surface area contributed by atoms with E-state index >= 15 is 0 Å². The topological polar surface area (TPSA) is 81.7 Å². The first-order chi connectivity index (χ1) is 12.1. The van der Waals surface area contributed by atoms with Crippen LogP contribution in [0.15, 0.2) is 0 Å². The number of rotatable bonds is 14. The van der Waals surface area contributed by atoms with Crippen molar-refractivity contribution in [1.82, 2.24) is 0 Å². The Hall–Kier alpha value is 2.55. The Kier molecular flexibility index (Phi) is 36.3. The predicted molar refractivity (Wildman–Crippen MR) is 121 cm³/mol. The van der Waals surface area contributed by atoms with Crippen LogP contribution >= 0.6 is 11.4 Å². The summed E-state index contributed by atoms with van der Waals surface area (Å²) in [6, 6.07) is 0. The van der Waals surface area contributed by atoms with Crippen LogP contribution in [0, 0.1) is 0 Å². The van der Waals surface area contributed by atoms with Gasteiger partial charge in [0.25, 0.3) is 0 Å². The van der Waals surface area contributed by atoms with E-state index in [1.165, 1.54) is 38.5 Å². The maximum Gasteiger partial charge on any atom is 4.00 e. The molecule has 0 N–H and O–H groups in total. The molecule has 5 nitrogen and oxygen atoms in total. The zero-order chi connectivity index (χ0) is 20.9. The smallest absolute Gasteiger partial charge is 0.819 e. The fraction of sp³-hybridized carbons (Fsp3) is 1.00. The normalized spacial score (nSPS) is 14.3. The zero-order valence-corrected chi connectivity index (χ0v) is 23.7. The molecule has 0 radical (unpaired) electrons. The van der Waals surface area contributed by atoms with Gasteiger partial charge in [-0.05, 0) is 12.8 Å². The molecule has 0 saturated carbocycles. The van der Waals surface area contributed by atoms with Gasteiger partial charge in [0, 0.05) is 13.2 Å². The van der Waals surface area contributed by atoms with E-state index in [9.17, 15) is 9.79 Å². The summed E-state index contributed by atoms with van der Waals surface area (Å²) in [6.07, 6.45) is 11.4. The molecule has 0 amide bonds. The van der Waals surface area contributed by atoms with Gasteiger partial charge in [-0.25, -0.2) is 0 Å². The van der Waals surface area contributed by atoms with Crippen molar-refractivity contribution >= 4 is 72.0 Å². The molecule has 0 aromatic heterocycles. The molecule has 2 unspecified atom stereocenters. The summed E-state index contributed by atoms with van der Waals surface area (Å²) in [7, 11) is 0. The van der Waals surface area contributed by atoms with Gasteiger partial charge >= 0.3 is 21.1 Å². The first-order valence-corrected chi connectivity index (χ1v) is 16.3. The molecule has 0 bridgehead atoms. The van der Waals surface area contributed by atoms with Gasteiger partial charge < -0.3 is 43.3 Å². The third kappa shape index (κ3) is 47.7. The van der Waals surface area contributed by atoms with Gasteiger partial charge in [0.2, 0.25) is 0 Å². The first kappa shape index (κ1) is 36.9. The molecular formula is C14H30MoO5P2S5. The van der Waals surface area contributed by atoms with Crippen molar-refractivity contribution in [3.63, 3.8) is 0 Å². The third-order valence-corrected chi connectivity index (χ3v) is 5.26. The molecule has 0 aliphatic heterocycles. The molecule has 2 atom stereocenters. The Bertz CT molecular complexity index is 351. The minimum atomic E-state index is -3.05. The van der Waals surface area contributed by atoms with Crippen molar-refractivity contribution in [1.29, 1.82) is 0 Å². The van der Waals surface area contributed by atoms with Crippen molar-refractivity contribution in [2.75, 3.05) is 13.2 Å². The molecule has 0 heterocycles. The molecule has 0 aliphatic rings. The maximum absolute atomic E-state index is 10.7. The van der Waals surface area contributed by atoms with Gasteiger partial charge in [0.15, 0.2) is 12.5 Å². The number of unbranched alkanes of at least 4 members (excludes halogenated alkanes) is 8. The Balaban J connectivity index is -0.000000173. The molecule has 0 aliphatic carbocycles. The summed E-state index contributed by atoms with van der Waals surface area (Å²) in [4.78, 5) is 21.4. The van der Waals surface area contributed by atoms with E-state index in [-0.39, 0.29) is 21.1 Å². The van der Waals surface area contributed by atoms with Crippen molar-refractivity contribution in [2.45, 2.75) is 78.1 Å². The van der Waals surface area contributed by atoms with Gasteiger partial charge in [-0.3, -0.25) is 0 Å². The first-order valence-electron chi connectivity index (χ1n) is 8.62. The summed E-state index contributed by atoms with van der Waals surface area (Å²) in [5.74, 6) is 0. The van der Waals surface area contributed by atoms with Crippen LogP contribution in [0.5, 0.6) is 0 Å². The molecule has 0 fully saturated rings. The molecule has 0 aromatic carbocycles. The van der Waals surface area contributed by atoms with E-state index in [0.29, 0.717) is 13.2 Å². The fourth-order valence-electron chi connectivity index (χ4n) is 1.76. The maximum atomic E-state index is 10.7. The van der Waals surface area contributed by atoms with E-state index in [1.54, 1.807) is 0 Å². The second kappa shape index (κ2) is 26.6. The standard InChI is InChI=1S/2C7H17O2PS2.Mo.OS/c2*1-2-3-4-5-6-7-9-10(8,11)12;;1-2/h2*2-7H2,1H3,(H2,8,11,12);;/q;;+4;/p-4. The Morgan fingerprint density at radius 3 is 1.19 bits per heavy atom.